The van der Waals surface area contributed by atoms with Gasteiger partial charge < -0.3 is 10.2 Å². The third-order valence-corrected chi connectivity index (χ3v) is 5.63. The highest BCUT2D eigenvalue weighted by atomic mass is 16.2. The van der Waals surface area contributed by atoms with Gasteiger partial charge in [0.15, 0.2) is 0 Å². The van der Waals surface area contributed by atoms with Crippen LogP contribution < -0.4 is 5.32 Å². The quantitative estimate of drug-likeness (QED) is 0.746. The summed E-state index contributed by atoms with van der Waals surface area (Å²) in [6, 6.07) is 15.8. The summed E-state index contributed by atoms with van der Waals surface area (Å²) in [6.45, 7) is 7.97. The monoisotopic (exact) mass is 392 g/mol. The Morgan fingerprint density at radius 2 is 1.72 bits per heavy atom. The Balaban J connectivity index is 1.59. The number of anilines is 1. The number of piperidine rings is 1. The van der Waals surface area contributed by atoms with Crippen molar-refractivity contribution in [1.82, 2.24) is 4.90 Å². The van der Waals surface area contributed by atoms with Crippen molar-refractivity contribution < 1.29 is 9.59 Å². The van der Waals surface area contributed by atoms with Crippen LogP contribution in [0.3, 0.4) is 0 Å². The summed E-state index contributed by atoms with van der Waals surface area (Å²) >= 11 is 0. The fraction of sp³-hybridized carbons (Fsp3) is 0.440. The van der Waals surface area contributed by atoms with Gasteiger partial charge in [0, 0.05) is 30.8 Å². The zero-order chi connectivity index (χ0) is 20.8. The first-order valence-corrected chi connectivity index (χ1v) is 10.7. The first-order valence-electron chi connectivity index (χ1n) is 10.7. The molecule has 0 radical (unpaired) electrons. The summed E-state index contributed by atoms with van der Waals surface area (Å²) in [4.78, 5) is 27.4. The van der Waals surface area contributed by atoms with E-state index >= 15 is 0 Å². The molecule has 0 aliphatic carbocycles. The summed E-state index contributed by atoms with van der Waals surface area (Å²) < 4.78 is 0. The highest BCUT2D eigenvalue weighted by Crippen LogP contribution is 2.24. The van der Waals surface area contributed by atoms with Crippen molar-refractivity contribution in [2.75, 3.05) is 18.4 Å². The normalized spacial score (nSPS) is 19.1. The molecule has 0 spiro atoms. The first-order chi connectivity index (χ1) is 13.9. The minimum atomic E-state index is -0.00570. The average molecular weight is 393 g/mol. The molecule has 2 unspecified atom stereocenters. The van der Waals surface area contributed by atoms with E-state index < -0.39 is 0 Å². The molecular weight excluding hydrogens is 360 g/mol. The van der Waals surface area contributed by atoms with Gasteiger partial charge in [0.1, 0.15) is 0 Å². The minimum Gasteiger partial charge on any atom is -0.338 e. The molecule has 4 heteroatoms. The number of rotatable bonds is 6. The van der Waals surface area contributed by atoms with E-state index in [0.29, 0.717) is 23.8 Å². The van der Waals surface area contributed by atoms with Crippen molar-refractivity contribution in [2.24, 2.45) is 11.8 Å². The predicted octanol–water partition coefficient (Wildman–Crippen LogP) is 5.07. The van der Waals surface area contributed by atoms with Gasteiger partial charge in [-0.1, -0.05) is 50.2 Å². The van der Waals surface area contributed by atoms with Crippen LogP contribution in [0.15, 0.2) is 48.5 Å². The Bertz CT molecular complexity index is 837. The van der Waals surface area contributed by atoms with Gasteiger partial charge in [-0.15, -0.1) is 0 Å². The molecular formula is C25H32N2O2. The van der Waals surface area contributed by atoms with E-state index in [0.717, 1.165) is 37.2 Å². The van der Waals surface area contributed by atoms with Gasteiger partial charge in [0.25, 0.3) is 5.91 Å². The lowest BCUT2D eigenvalue weighted by atomic mass is 9.91. The fourth-order valence-corrected chi connectivity index (χ4v) is 4.21. The molecule has 2 amide bonds. The number of nitrogens with one attached hydrogen (secondary N) is 1. The summed E-state index contributed by atoms with van der Waals surface area (Å²) in [5.41, 5.74) is 3.60. The molecule has 1 aliphatic rings. The Kier molecular flexibility index (Phi) is 7.08. The maximum absolute atomic E-state index is 13.0. The van der Waals surface area contributed by atoms with Gasteiger partial charge in [-0.2, -0.15) is 0 Å². The van der Waals surface area contributed by atoms with E-state index in [2.05, 4.69) is 31.3 Å². The topological polar surface area (TPSA) is 49.4 Å². The molecule has 2 aromatic carbocycles. The van der Waals surface area contributed by atoms with Crippen LogP contribution in [0.1, 0.15) is 54.6 Å². The average Bonchev–Trinajstić information content (AvgIpc) is 2.69. The number of benzene rings is 2. The van der Waals surface area contributed by atoms with Crippen molar-refractivity contribution in [1.29, 1.82) is 0 Å². The number of likely N-dealkylation sites (tertiary alicyclic amines) is 1. The van der Waals surface area contributed by atoms with Gasteiger partial charge in [-0.3, -0.25) is 9.59 Å². The summed E-state index contributed by atoms with van der Waals surface area (Å²) in [5.74, 6) is 1.10. The molecule has 1 N–H and O–H groups in total. The molecule has 1 heterocycles. The highest BCUT2D eigenvalue weighted by molar-refractivity contribution is 5.97. The molecule has 1 fully saturated rings. The Morgan fingerprint density at radius 3 is 2.41 bits per heavy atom. The van der Waals surface area contributed by atoms with Crippen molar-refractivity contribution >= 4 is 17.5 Å². The number of aryl methyl sites for hydroxylation is 2. The smallest absolute Gasteiger partial charge is 0.253 e. The van der Waals surface area contributed by atoms with E-state index in [-0.39, 0.29) is 11.8 Å². The van der Waals surface area contributed by atoms with Crippen LogP contribution in [0.2, 0.25) is 0 Å². The molecule has 0 bridgehead atoms. The summed E-state index contributed by atoms with van der Waals surface area (Å²) in [5, 5.41) is 3.00. The molecule has 1 saturated heterocycles. The Morgan fingerprint density at radius 1 is 1.03 bits per heavy atom. The minimum absolute atomic E-state index is 0.00570. The van der Waals surface area contributed by atoms with Crippen LogP contribution in [-0.4, -0.2) is 29.8 Å². The maximum Gasteiger partial charge on any atom is 0.253 e. The molecule has 0 saturated carbocycles. The van der Waals surface area contributed by atoms with Crippen LogP contribution in [0.25, 0.3) is 0 Å². The largest absolute Gasteiger partial charge is 0.338 e. The number of nitrogens with zero attached hydrogens (tertiary/aromatic N) is 1. The van der Waals surface area contributed by atoms with Crippen molar-refractivity contribution in [3.8, 4) is 0 Å². The van der Waals surface area contributed by atoms with E-state index in [1.807, 2.05) is 48.2 Å². The van der Waals surface area contributed by atoms with Crippen LogP contribution in [-0.2, 0) is 11.2 Å². The van der Waals surface area contributed by atoms with Crippen molar-refractivity contribution in [3.63, 3.8) is 0 Å². The van der Waals surface area contributed by atoms with E-state index in [1.165, 1.54) is 12.0 Å². The van der Waals surface area contributed by atoms with E-state index in [4.69, 9.17) is 0 Å². The summed E-state index contributed by atoms with van der Waals surface area (Å²) in [7, 11) is 0. The number of amides is 2. The van der Waals surface area contributed by atoms with Gasteiger partial charge in [-0.25, -0.2) is 0 Å². The van der Waals surface area contributed by atoms with Crippen molar-refractivity contribution in [2.45, 2.75) is 46.5 Å². The SMILES string of the molecule is Cc1ccc(C(=O)N2CC(C)CC(C)C2)cc1NC(=O)CCCc1ccccc1. The van der Waals surface area contributed by atoms with Crippen molar-refractivity contribution in [3.05, 3.63) is 65.2 Å². The fourth-order valence-electron chi connectivity index (χ4n) is 4.21. The maximum atomic E-state index is 13.0. The van der Waals surface area contributed by atoms with Crippen LogP contribution in [0.5, 0.6) is 0 Å². The molecule has 1 aliphatic heterocycles. The molecule has 2 atom stereocenters. The Labute approximate surface area is 174 Å². The highest BCUT2D eigenvalue weighted by Gasteiger charge is 2.26. The molecule has 2 aromatic rings. The van der Waals surface area contributed by atoms with Crippen LogP contribution in [0.4, 0.5) is 5.69 Å². The molecule has 29 heavy (non-hydrogen) atoms. The number of hydrogen-bond acceptors (Lipinski definition) is 2. The lowest BCUT2D eigenvalue weighted by molar-refractivity contribution is -0.116. The van der Waals surface area contributed by atoms with Crippen LogP contribution in [0, 0.1) is 18.8 Å². The second-order valence-electron chi connectivity index (χ2n) is 8.57. The van der Waals surface area contributed by atoms with E-state index in [1.54, 1.807) is 0 Å². The molecule has 4 nitrogen and oxygen atoms in total. The van der Waals surface area contributed by atoms with Gasteiger partial charge in [0.05, 0.1) is 0 Å². The van der Waals surface area contributed by atoms with E-state index in [9.17, 15) is 9.59 Å². The zero-order valence-electron chi connectivity index (χ0n) is 17.8. The lowest BCUT2D eigenvalue weighted by Crippen LogP contribution is -2.42. The summed E-state index contributed by atoms with van der Waals surface area (Å²) in [6.07, 6.45) is 3.32. The number of hydrogen-bond donors (Lipinski definition) is 1. The molecule has 3 rings (SSSR count). The van der Waals surface area contributed by atoms with Gasteiger partial charge in [0.2, 0.25) is 5.91 Å². The standard InChI is InChI=1S/C25H32N2O2/c1-18-14-19(2)17-27(16-18)25(29)22-13-12-20(3)23(15-22)26-24(28)11-7-10-21-8-5-4-6-9-21/h4-6,8-9,12-13,15,18-19H,7,10-11,14,16-17H2,1-3H3,(H,26,28). The lowest BCUT2D eigenvalue weighted by Gasteiger charge is -2.35. The van der Waals surface area contributed by atoms with Gasteiger partial charge in [-0.05, 0) is 61.3 Å². The second kappa shape index (κ2) is 9.73. The van der Waals surface area contributed by atoms with Gasteiger partial charge >= 0.3 is 0 Å². The number of carbonyl (C=O) groups is 2. The number of carbonyl (C=O) groups excluding carboxylic acids is 2. The molecule has 154 valence electrons. The zero-order valence-corrected chi connectivity index (χ0v) is 17.8. The second-order valence-corrected chi connectivity index (χ2v) is 8.57. The molecule has 0 aromatic heterocycles. The first kappa shape index (κ1) is 21.1. The third-order valence-electron chi connectivity index (χ3n) is 5.63. The Hall–Kier alpha value is -2.62. The third kappa shape index (κ3) is 5.93. The van der Waals surface area contributed by atoms with Crippen LogP contribution >= 0.6 is 0 Å². The predicted molar refractivity (Wildman–Crippen MR) is 118 cm³/mol.